The van der Waals surface area contributed by atoms with E-state index in [0.717, 1.165) is 16.7 Å². The number of aliphatic hydroxyl groups excluding tert-OH is 1. The summed E-state index contributed by atoms with van der Waals surface area (Å²) in [4.78, 5) is 12.1. The summed E-state index contributed by atoms with van der Waals surface area (Å²) in [7, 11) is 1.57. The third kappa shape index (κ3) is 5.10. The number of aliphatic hydroxyl groups is 1. The quantitative estimate of drug-likeness (QED) is 0.796. The summed E-state index contributed by atoms with van der Waals surface area (Å²) in [5.41, 5.74) is 2.86. The van der Waals surface area contributed by atoms with Gasteiger partial charge in [-0.1, -0.05) is 48.0 Å². The number of carbonyl (C=O) groups excluding carboxylic acids is 1. The van der Waals surface area contributed by atoms with E-state index < -0.39 is 6.29 Å². The fourth-order valence-electron chi connectivity index (χ4n) is 2.91. The van der Waals surface area contributed by atoms with Crippen LogP contribution in [0, 0.1) is 0 Å². The lowest BCUT2D eigenvalue weighted by Crippen LogP contribution is -2.31. The van der Waals surface area contributed by atoms with Gasteiger partial charge >= 0.3 is 0 Å². The molecule has 0 aliphatic carbocycles. The lowest BCUT2D eigenvalue weighted by atomic mass is 9.93. The van der Waals surface area contributed by atoms with Crippen molar-refractivity contribution in [2.45, 2.75) is 31.8 Å². The molecule has 2 atom stereocenters. The summed E-state index contributed by atoms with van der Waals surface area (Å²) < 4.78 is 11.7. The molecule has 0 spiro atoms. The van der Waals surface area contributed by atoms with Crippen LogP contribution in [0.3, 0.4) is 0 Å². The number of carbonyl (C=O) groups is 1. The van der Waals surface area contributed by atoms with Crippen molar-refractivity contribution >= 4 is 17.5 Å². The molecule has 1 amide bonds. The number of halogens is 1. The normalized spacial score (nSPS) is 19.1. The molecule has 5 nitrogen and oxygen atoms in total. The number of ether oxygens (including phenoxy) is 2. The Hall–Kier alpha value is -2.34. The molecule has 0 aromatic heterocycles. The molecule has 6 heteroatoms. The predicted octanol–water partition coefficient (Wildman–Crippen LogP) is 3.51. The minimum Gasteiger partial charge on any atom is -0.459 e. The zero-order valence-corrected chi connectivity index (χ0v) is 15.8. The van der Waals surface area contributed by atoms with Crippen LogP contribution < -0.4 is 5.32 Å². The van der Waals surface area contributed by atoms with E-state index in [1.54, 1.807) is 7.05 Å². The molecular formula is C21H22ClNO4. The number of amides is 1. The molecule has 142 valence electrons. The fraction of sp³-hybridized carbons (Fsp3) is 0.286. The van der Waals surface area contributed by atoms with Gasteiger partial charge in [0.2, 0.25) is 6.29 Å². The molecule has 27 heavy (non-hydrogen) atoms. The first-order valence-corrected chi connectivity index (χ1v) is 9.13. The van der Waals surface area contributed by atoms with Gasteiger partial charge in [-0.2, -0.15) is 0 Å². The molecule has 2 aromatic carbocycles. The number of benzene rings is 2. The Morgan fingerprint density at radius 2 is 1.85 bits per heavy atom. The van der Waals surface area contributed by atoms with Gasteiger partial charge in [0.25, 0.3) is 5.91 Å². The standard InChI is InChI=1S/C21H22ClNO4/c1-23-21(25)19-10-17(16-6-8-18(22)9-7-16)11-20(27-19)26-13-15-4-2-14(12-24)3-5-15/h2-10,17,20,24H,11-13H2,1H3,(H,23,25)/t17-,20+/m1/s1. The van der Waals surface area contributed by atoms with Crippen LogP contribution in [0.4, 0.5) is 0 Å². The van der Waals surface area contributed by atoms with E-state index in [0.29, 0.717) is 18.1 Å². The lowest BCUT2D eigenvalue weighted by Gasteiger charge is -2.29. The Bertz CT molecular complexity index is 802. The first-order valence-electron chi connectivity index (χ1n) is 8.75. The van der Waals surface area contributed by atoms with E-state index in [-0.39, 0.29) is 24.2 Å². The van der Waals surface area contributed by atoms with Crippen LogP contribution in [0.25, 0.3) is 0 Å². The first-order chi connectivity index (χ1) is 13.1. The molecule has 0 bridgehead atoms. The van der Waals surface area contributed by atoms with Gasteiger partial charge in [-0.25, -0.2) is 0 Å². The van der Waals surface area contributed by atoms with Gasteiger partial charge in [0.05, 0.1) is 13.2 Å². The number of allylic oxidation sites excluding steroid dienone is 1. The van der Waals surface area contributed by atoms with Gasteiger partial charge in [0.1, 0.15) is 0 Å². The molecule has 3 rings (SSSR count). The van der Waals surface area contributed by atoms with Gasteiger partial charge in [0, 0.05) is 24.4 Å². The van der Waals surface area contributed by atoms with E-state index in [1.807, 2.05) is 54.6 Å². The van der Waals surface area contributed by atoms with Gasteiger partial charge in [-0.05, 0) is 34.9 Å². The zero-order valence-electron chi connectivity index (χ0n) is 15.0. The largest absolute Gasteiger partial charge is 0.459 e. The minimum absolute atomic E-state index is 0.00918. The SMILES string of the molecule is CNC(=O)C1=C[C@@H](c2ccc(Cl)cc2)C[C@@H](OCc2ccc(CO)cc2)O1. The molecule has 2 aromatic rings. The molecular weight excluding hydrogens is 366 g/mol. The predicted molar refractivity (Wildman–Crippen MR) is 103 cm³/mol. The average molecular weight is 388 g/mol. The smallest absolute Gasteiger partial charge is 0.285 e. The number of hydrogen-bond acceptors (Lipinski definition) is 4. The molecule has 1 heterocycles. The van der Waals surface area contributed by atoms with Crippen LogP contribution in [0.5, 0.6) is 0 Å². The van der Waals surface area contributed by atoms with Crippen molar-refractivity contribution in [1.29, 1.82) is 0 Å². The fourth-order valence-corrected chi connectivity index (χ4v) is 3.04. The summed E-state index contributed by atoms with van der Waals surface area (Å²) in [5, 5.41) is 12.4. The molecule has 0 saturated heterocycles. The molecule has 0 fully saturated rings. The van der Waals surface area contributed by atoms with Gasteiger partial charge in [-0.3, -0.25) is 4.79 Å². The zero-order chi connectivity index (χ0) is 19.2. The highest BCUT2D eigenvalue weighted by Crippen LogP contribution is 2.32. The van der Waals surface area contributed by atoms with E-state index >= 15 is 0 Å². The van der Waals surface area contributed by atoms with Crippen LogP contribution in [0.2, 0.25) is 5.02 Å². The van der Waals surface area contributed by atoms with Crippen LogP contribution in [0.1, 0.15) is 29.0 Å². The molecule has 0 saturated carbocycles. The second-order valence-corrected chi connectivity index (χ2v) is 6.77. The third-order valence-corrected chi connectivity index (χ3v) is 4.70. The maximum atomic E-state index is 12.1. The second-order valence-electron chi connectivity index (χ2n) is 6.34. The first kappa shape index (κ1) is 19.4. The minimum atomic E-state index is -0.541. The molecule has 1 aliphatic rings. The molecule has 0 unspecified atom stereocenters. The maximum absolute atomic E-state index is 12.1. The molecule has 1 aliphatic heterocycles. The Balaban J connectivity index is 1.72. The topological polar surface area (TPSA) is 67.8 Å². The summed E-state index contributed by atoms with van der Waals surface area (Å²) in [5.74, 6) is -0.0380. The highest BCUT2D eigenvalue weighted by molar-refractivity contribution is 6.30. The monoisotopic (exact) mass is 387 g/mol. The van der Waals surface area contributed by atoms with Crippen molar-refractivity contribution in [2.75, 3.05) is 7.05 Å². The van der Waals surface area contributed by atoms with E-state index in [4.69, 9.17) is 26.2 Å². The third-order valence-electron chi connectivity index (χ3n) is 4.45. The van der Waals surface area contributed by atoms with Gasteiger partial charge in [0.15, 0.2) is 5.76 Å². The van der Waals surface area contributed by atoms with E-state index in [2.05, 4.69) is 5.32 Å². The van der Waals surface area contributed by atoms with Gasteiger partial charge in [-0.15, -0.1) is 0 Å². The van der Waals surface area contributed by atoms with Crippen molar-refractivity contribution in [2.24, 2.45) is 0 Å². The highest BCUT2D eigenvalue weighted by Gasteiger charge is 2.28. The summed E-state index contributed by atoms with van der Waals surface area (Å²) in [6.45, 7) is 0.362. The molecule has 2 N–H and O–H groups in total. The summed E-state index contributed by atoms with van der Waals surface area (Å²) in [6.07, 6.45) is 1.87. The highest BCUT2D eigenvalue weighted by atomic mass is 35.5. The Labute approximate surface area is 163 Å². The number of rotatable bonds is 6. The van der Waals surface area contributed by atoms with Crippen molar-refractivity contribution in [3.05, 3.63) is 82.1 Å². The summed E-state index contributed by atoms with van der Waals surface area (Å²) >= 11 is 5.98. The Morgan fingerprint density at radius 3 is 2.48 bits per heavy atom. The Morgan fingerprint density at radius 1 is 1.19 bits per heavy atom. The van der Waals surface area contributed by atoms with Crippen molar-refractivity contribution in [1.82, 2.24) is 5.32 Å². The van der Waals surface area contributed by atoms with Crippen molar-refractivity contribution in [3.8, 4) is 0 Å². The average Bonchev–Trinajstić information content (AvgIpc) is 2.72. The lowest BCUT2D eigenvalue weighted by molar-refractivity contribution is -0.150. The number of likely N-dealkylation sites (N-methyl/N-ethyl adjacent to an activating group) is 1. The van der Waals surface area contributed by atoms with Crippen LogP contribution in [-0.2, 0) is 27.5 Å². The maximum Gasteiger partial charge on any atom is 0.285 e. The van der Waals surface area contributed by atoms with E-state index in [9.17, 15) is 4.79 Å². The van der Waals surface area contributed by atoms with E-state index in [1.165, 1.54) is 0 Å². The van der Waals surface area contributed by atoms with Crippen LogP contribution in [-0.4, -0.2) is 24.4 Å². The Kier molecular flexibility index (Phi) is 6.50. The number of nitrogens with one attached hydrogen (secondary N) is 1. The van der Waals surface area contributed by atoms with Crippen molar-refractivity contribution in [3.63, 3.8) is 0 Å². The van der Waals surface area contributed by atoms with Crippen LogP contribution in [0.15, 0.2) is 60.4 Å². The van der Waals surface area contributed by atoms with Crippen LogP contribution >= 0.6 is 11.6 Å². The second kappa shape index (κ2) is 9.04. The summed E-state index contributed by atoms with van der Waals surface area (Å²) in [6, 6.07) is 15.1. The van der Waals surface area contributed by atoms with Gasteiger partial charge < -0.3 is 19.9 Å². The molecule has 0 radical (unpaired) electrons. The van der Waals surface area contributed by atoms with Crippen molar-refractivity contribution < 1.29 is 19.4 Å². The number of hydrogen-bond donors (Lipinski definition) is 2.